The van der Waals surface area contributed by atoms with Crippen LogP contribution in [-0.2, 0) is 20.2 Å². The normalized spacial score (nSPS) is 12.2. The highest BCUT2D eigenvalue weighted by molar-refractivity contribution is 8.01. The van der Waals surface area contributed by atoms with Crippen LogP contribution < -0.4 is 9.62 Å². The van der Waals surface area contributed by atoms with Crippen molar-refractivity contribution in [2.45, 2.75) is 49.6 Å². The van der Waals surface area contributed by atoms with Crippen LogP contribution in [0.1, 0.15) is 40.2 Å². The average molecular weight is 443 g/mol. The van der Waals surface area contributed by atoms with Crippen LogP contribution in [-0.4, -0.2) is 42.6 Å². The van der Waals surface area contributed by atoms with Crippen molar-refractivity contribution >= 4 is 49.8 Å². The van der Waals surface area contributed by atoms with Crippen molar-refractivity contribution in [1.29, 1.82) is 0 Å². The van der Waals surface area contributed by atoms with Gasteiger partial charge in [-0.3, -0.25) is 14.4 Å². The van der Waals surface area contributed by atoms with Gasteiger partial charge in [0.1, 0.15) is 6.54 Å². The Balaban J connectivity index is 2.14. The molecular formula is C18H26N4O3S3. The standard InChI is InChI=1S/C18H26N4O3S3/c1-12(2)26-17-21-20-16(27-17)19-15(23)11-22(28(6,24)25)14-9-7-13(8-10-14)18(3,4)5/h7-10,12H,11H2,1-6H3,(H,19,20,23). The van der Waals surface area contributed by atoms with Crippen LogP contribution in [0.25, 0.3) is 0 Å². The molecule has 0 bridgehead atoms. The highest BCUT2D eigenvalue weighted by Crippen LogP contribution is 2.29. The number of benzene rings is 1. The van der Waals surface area contributed by atoms with E-state index in [-0.39, 0.29) is 12.0 Å². The van der Waals surface area contributed by atoms with Crippen LogP contribution in [0.4, 0.5) is 10.8 Å². The number of thioether (sulfide) groups is 1. The molecule has 0 aliphatic heterocycles. The van der Waals surface area contributed by atoms with E-state index in [1.807, 2.05) is 26.0 Å². The smallest absolute Gasteiger partial charge is 0.246 e. The zero-order chi connectivity index (χ0) is 21.1. The van der Waals surface area contributed by atoms with Gasteiger partial charge in [0, 0.05) is 5.25 Å². The monoisotopic (exact) mass is 442 g/mol. The topological polar surface area (TPSA) is 92.3 Å². The van der Waals surface area contributed by atoms with Crippen molar-refractivity contribution in [3.8, 4) is 0 Å². The van der Waals surface area contributed by atoms with E-state index in [1.54, 1.807) is 23.9 Å². The second-order valence-corrected chi connectivity index (χ2v) is 12.4. The Morgan fingerprint density at radius 2 is 1.82 bits per heavy atom. The lowest BCUT2D eigenvalue weighted by Gasteiger charge is -2.24. The molecule has 10 heteroatoms. The number of carbonyl (C=O) groups excluding carboxylic acids is 1. The molecule has 1 aromatic heterocycles. The van der Waals surface area contributed by atoms with Crippen molar-refractivity contribution in [1.82, 2.24) is 10.2 Å². The van der Waals surface area contributed by atoms with Crippen LogP contribution >= 0.6 is 23.1 Å². The first kappa shape index (κ1) is 22.6. The number of hydrogen-bond acceptors (Lipinski definition) is 7. The number of rotatable bonds is 7. The van der Waals surface area contributed by atoms with Crippen LogP contribution in [0.5, 0.6) is 0 Å². The zero-order valence-electron chi connectivity index (χ0n) is 16.9. The molecule has 1 amide bonds. The molecule has 1 N–H and O–H groups in total. The predicted octanol–water partition coefficient (Wildman–Crippen LogP) is 3.74. The molecule has 0 unspecified atom stereocenters. The van der Waals surface area contributed by atoms with Gasteiger partial charge < -0.3 is 0 Å². The van der Waals surface area contributed by atoms with E-state index in [0.29, 0.717) is 16.1 Å². The van der Waals surface area contributed by atoms with Crippen LogP contribution in [0, 0.1) is 0 Å². The van der Waals surface area contributed by atoms with Crippen molar-refractivity contribution in [2.24, 2.45) is 0 Å². The maximum Gasteiger partial charge on any atom is 0.246 e. The molecule has 7 nitrogen and oxygen atoms in total. The summed E-state index contributed by atoms with van der Waals surface area (Å²) in [6, 6.07) is 7.20. The molecule has 28 heavy (non-hydrogen) atoms. The molecule has 2 aromatic rings. The van der Waals surface area contributed by atoms with Gasteiger partial charge in [0.15, 0.2) is 4.34 Å². The third-order valence-electron chi connectivity index (χ3n) is 3.70. The summed E-state index contributed by atoms with van der Waals surface area (Å²) in [6.07, 6.45) is 1.08. The van der Waals surface area contributed by atoms with Crippen LogP contribution in [0.15, 0.2) is 28.6 Å². The summed E-state index contributed by atoms with van der Waals surface area (Å²) in [5, 5.41) is 11.3. The third kappa shape index (κ3) is 6.46. The summed E-state index contributed by atoms with van der Waals surface area (Å²) < 4.78 is 26.3. The summed E-state index contributed by atoms with van der Waals surface area (Å²) in [6.45, 7) is 9.99. The number of nitrogens with one attached hydrogen (secondary N) is 1. The summed E-state index contributed by atoms with van der Waals surface area (Å²) in [5.41, 5.74) is 1.48. The highest BCUT2D eigenvalue weighted by atomic mass is 32.2. The minimum Gasteiger partial charge on any atom is -0.299 e. The number of anilines is 2. The van der Waals surface area contributed by atoms with Crippen molar-refractivity contribution in [2.75, 3.05) is 22.4 Å². The molecule has 154 valence electrons. The first-order valence-electron chi connectivity index (χ1n) is 8.74. The van der Waals surface area contributed by atoms with Gasteiger partial charge in [0.2, 0.25) is 21.1 Å². The van der Waals surface area contributed by atoms with Crippen molar-refractivity contribution < 1.29 is 13.2 Å². The number of aromatic nitrogens is 2. The second-order valence-electron chi connectivity index (χ2n) is 7.65. The average Bonchev–Trinajstić information content (AvgIpc) is 2.97. The number of sulfonamides is 1. The van der Waals surface area contributed by atoms with E-state index in [0.717, 1.165) is 20.5 Å². The number of hydrogen-bond donors (Lipinski definition) is 1. The Bertz CT molecular complexity index is 916. The lowest BCUT2D eigenvalue weighted by molar-refractivity contribution is -0.114. The molecule has 0 aliphatic rings. The zero-order valence-corrected chi connectivity index (χ0v) is 19.3. The predicted molar refractivity (Wildman–Crippen MR) is 117 cm³/mol. The number of amides is 1. The molecule has 0 radical (unpaired) electrons. The van der Waals surface area contributed by atoms with E-state index in [2.05, 4.69) is 36.3 Å². The van der Waals surface area contributed by atoms with E-state index in [1.165, 1.54) is 11.3 Å². The first-order valence-corrected chi connectivity index (χ1v) is 12.3. The number of nitrogens with zero attached hydrogens (tertiary/aromatic N) is 3. The molecule has 0 saturated heterocycles. The molecule has 2 rings (SSSR count). The maximum atomic E-state index is 12.4. The molecule has 1 aromatic carbocycles. The molecular weight excluding hydrogens is 416 g/mol. The molecule has 0 fully saturated rings. The fourth-order valence-electron chi connectivity index (χ4n) is 2.33. The summed E-state index contributed by atoms with van der Waals surface area (Å²) in [5.74, 6) is -0.470. The minimum atomic E-state index is -3.63. The lowest BCUT2D eigenvalue weighted by Crippen LogP contribution is -2.37. The Kier molecular flexibility index (Phi) is 7.11. The van der Waals surface area contributed by atoms with Crippen LogP contribution in [0.3, 0.4) is 0 Å². The largest absolute Gasteiger partial charge is 0.299 e. The first-order chi connectivity index (χ1) is 12.9. The van der Waals surface area contributed by atoms with Crippen LogP contribution in [0.2, 0.25) is 0 Å². The maximum absolute atomic E-state index is 12.4. The third-order valence-corrected chi connectivity index (χ3v) is 6.77. The van der Waals surface area contributed by atoms with Gasteiger partial charge in [0.05, 0.1) is 11.9 Å². The molecule has 0 spiro atoms. The molecule has 0 aliphatic carbocycles. The van der Waals surface area contributed by atoms with E-state index in [4.69, 9.17) is 0 Å². The SMILES string of the molecule is CC(C)Sc1nnc(NC(=O)CN(c2ccc(C(C)(C)C)cc2)S(C)(=O)=O)s1. The van der Waals surface area contributed by atoms with Gasteiger partial charge in [0.25, 0.3) is 0 Å². The summed E-state index contributed by atoms with van der Waals surface area (Å²) in [7, 11) is -3.63. The van der Waals surface area contributed by atoms with Gasteiger partial charge in [-0.15, -0.1) is 10.2 Å². The van der Waals surface area contributed by atoms with Gasteiger partial charge in [-0.1, -0.05) is 69.9 Å². The fourth-order valence-corrected chi connectivity index (χ4v) is 5.17. The molecule has 1 heterocycles. The molecule has 0 saturated carbocycles. The molecule has 0 atom stereocenters. The Morgan fingerprint density at radius 1 is 1.21 bits per heavy atom. The Morgan fingerprint density at radius 3 is 2.32 bits per heavy atom. The van der Waals surface area contributed by atoms with E-state index in [9.17, 15) is 13.2 Å². The second kappa shape index (κ2) is 8.79. The van der Waals surface area contributed by atoms with Gasteiger partial charge in [-0.25, -0.2) is 8.42 Å². The van der Waals surface area contributed by atoms with Gasteiger partial charge in [-0.2, -0.15) is 0 Å². The Labute approximate surface area is 175 Å². The Hall–Kier alpha value is -1.65. The van der Waals surface area contributed by atoms with Crippen molar-refractivity contribution in [3.63, 3.8) is 0 Å². The highest BCUT2D eigenvalue weighted by Gasteiger charge is 2.22. The summed E-state index contributed by atoms with van der Waals surface area (Å²) >= 11 is 2.82. The quantitative estimate of drug-likeness (QED) is 0.519. The van der Waals surface area contributed by atoms with E-state index < -0.39 is 15.9 Å². The minimum absolute atomic E-state index is 0.0463. The fraction of sp³-hybridized carbons (Fsp3) is 0.500. The number of carbonyl (C=O) groups is 1. The van der Waals surface area contributed by atoms with Gasteiger partial charge in [-0.05, 0) is 23.1 Å². The summed E-state index contributed by atoms with van der Waals surface area (Å²) in [4.78, 5) is 12.4. The van der Waals surface area contributed by atoms with E-state index >= 15 is 0 Å². The lowest BCUT2D eigenvalue weighted by atomic mass is 9.87. The van der Waals surface area contributed by atoms with Crippen molar-refractivity contribution in [3.05, 3.63) is 29.8 Å². The van der Waals surface area contributed by atoms with Gasteiger partial charge >= 0.3 is 0 Å².